The van der Waals surface area contributed by atoms with Gasteiger partial charge in [0.1, 0.15) is 0 Å². The first kappa shape index (κ1) is 10.4. The monoisotopic (exact) mass is 153 g/mol. The highest BCUT2D eigenvalue weighted by Gasteiger charge is 2.20. The summed E-state index contributed by atoms with van der Waals surface area (Å²) in [5, 5.41) is 0. The summed E-state index contributed by atoms with van der Waals surface area (Å²) < 4.78 is 0. The molecule has 0 saturated heterocycles. The molecule has 0 amide bonds. The minimum Gasteiger partial charge on any atom is -0.294 e. The van der Waals surface area contributed by atoms with Crippen molar-refractivity contribution in [3.63, 3.8) is 0 Å². The topological polar surface area (TPSA) is 17.1 Å². The Hall–Kier alpha value is -0.590. The Labute approximate surface area is 69.5 Å². The first-order chi connectivity index (χ1) is 5.00. The van der Waals surface area contributed by atoms with Crippen molar-refractivity contribution in [3.05, 3.63) is 18.1 Å². The van der Waals surface area contributed by atoms with Gasteiger partial charge >= 0.3 is 0 Å². The van der Waals surface area contributed by atoms with E-state index in [2.05, 4.69) is 6.58 Å². The number of ketones is 1. The van der Waals surface area contributed by atoms with Crippen molar-refractivity contribution in [2.45, 2.75) is 34.1 Å². The molecule has 0 aromatic carbocycles. The van der Waals surface area contributed by atoms with Crippen molar-refractivity contribution in [2.75, 3.05) is 0 Å². The molecule has 0 atom stereocenters. The van der Waals surface area contributed by atoms with E-state index in [1.165, 1.54) is 0 Å². The van der Waals surface area contributed by atoms with Gasteiger partial charge in [0.25, 0.3) is 0 Å². The number of hydrogen-bond acceptors (Lipinski definition) is 1. The van der Waals surface area contributed by atoms with E-state index in [-0.39, 0.29) is 5.78 Å². The Morgan fingerprint density at radius 3 is 2.00 bits per heavy atom. The van der Waals surface area contributed by atoms with Crippen LogP contribution >= 0.6 is 0 Å². The smallest absolute Gasteiger partial charge is 0.165 e. The summed E-state index contributed by atoms with van der Waals surface area (Å²) in [6.45, 7) is 11.5. The summed E-state index contributed by atoms with van der Waals surface area (Å²) in [6, 6.07) is 0. The SMILES string of the molecule is C=C(C)C(=O)[C](CC)C(C)C. The van der Waals surface area contributed by atoms with Crippen LogP contribution in [0.15, 0.2) is 12.2 Å². The lowest BCUT2D eigenvalue weighted by Crippen LogP contribution is -2.17. The van der Waals surface area contributed by atoms with Crippen molar-refractivity contribution in [1.29, 1.82) is 0 Å². The van der Waals surface area contributed by atoms with Crippen LogP contribution in [0.5, 0.6) is 0 Å². The van der Waals surface area contributed by atoms with Crippen molar-refractivity contribution in [3.8, 4) is 0 Å². The number of Topliss-reactive ketones (excluding diaryl/α,β-unsaturated/α-hetero) is 1. The molecule has 0 N–H and O–H groups in total. The lowest BCUT2D eigenvalue weighted by Gasteiger charge is -2.16. The summed E-state index contributed by atoms with van der Waals surface area (Å²) in [5.74, 6) is 1.48. The summed E-state index contributed by atoms with van der Waals surface area (Å²) >= 11 is 0. The van der Waals surface area contributed by atoms with E-state index >= 15 is 0 Å². The molecule has 0 aromatic rings. The molecule has 0 aliphatic rings. The van der Waals surface area contributed by atoms with Crippen molar-refractivity contribution in [2.24, 2.45) is 5.92 Å². The minimum atomic E-state index is 0.141. The van der Waals surface area contributed by atoms with Crippen molar-refractivity contribution < 1.29 is 4.79 Å². The van der Waals surface area contributed by atoms with E-state index in [1.54, 1.807) is 6.92 Å². The molecule has 1 nitrogen and oxygen atoms in total. The summed E-state index contributed by atoms with van der Waals surface area (Å²) in [7, 11) is 0. The zero-order chi connectivity index (χ0) is 9.02. The quantitative estimate of drug-likeness (QED) is 0.567. The number of allylic oxidation sites excluding steroid dienone is 1. The maximum absolute atomic E-state index is 11.4. The average Bonchev–Trinajstić information content (AvgIpc) is 1.88. The highest BCUT2D eigenvalue weighted by Crippen LogP contribution is 2.20. The van der Waals surface area contributed by atoms with Crippen LogP contribution in [0.2, 0.25) is 0 Å². The molecule has 11 heavy (non-hydrogen) atoms. The fourth-order valence-corrected chi connectivity index (χ4v) is 1.11. The predicted octanol–water partition coefficient (Wildman–Crippen LogP) is 2.77. The Morgan fingerprint density at radius 2 is 1.91 bits per heavy atom. The molecule has 1 radical (unpaired) electrons. The first-order valence-corrected chi connectivity index (χ1v) is 4.06. The second kappa shape index (κ2) is 4.32. The van der Waals surface area contributed by atoms with Crippen LogP contribution in [0, 0.1) is 11.8 Å². The van der Waals surface area contributed by atoms with Gasteiger partial charge in [0, 0.05) is 5.92 Å². The molecule has 0 aromatic heterocycles. The molecule has 0 heterocycles. The van der Waals surface area contributed by atoms with E-state index in [4.69, 9.17) is 0 Å². The summed E-state index contributed by atoms with van der Waals surface area (Å²) in [4.78, 5) is 11.4. The second-order valence-electron chi connectivity index (χ2n) is 3.14. The van der Waals surface area contributed by atoms with E-state index in [1.807, 2.05) is 20.8 Å². The second-order valence-corrected chi connectivity index (χ2v) is 3.14. The van der Waals surface area contributed by atoms with Crippen LogP contribution in [-0.4, -0.2) is 5.78 Å². The van der Waals surface area contributed by atoms with E-state index in [9.17, 15) is 4.79 Å². The fourth-order valence-electron chi connectivity index (χ4n) is 1.11. The van der Waals surface area contributed by atoms with Gasteiger partial charge in [0.2, 0.25) is 0 Å². The number of hydrogen-bond donors (Lipinski definition) is 0. The van der Waals surface area contributed by atoms with E-state index < -0.39 is 0 Å². The van der Waals surface area contributed by atoms with Gasteiger partial charge in [0.15, 0.2) is 5.78 Å². The minimum absolute atomic E-state index is 0.141. The maximum Gasteiger partial charge on any atom is 0.165 e. The Kier molecular flexibility index (Phi) is 4.09. The van der Waals surface area contributed by atoms with Crippen LogP contribution in [0.4, 0.5) is 0 Å². The largest absolute Gasteiger partial charge is 0.294 e. The maximum atomic E-state index is 11.4. The first-order valence-electron chi connectivity index (χ1n) is 4.06. The molecule has 0 bridgehead atoms. The van der Waals surface area contributed by atoms with Gasteiger partial charge in [-0.3, -0.25) is 4.79 Å². The van der Waals surface area contributed by atoms with Gasteiger partial charge in [-0.1, -0.05) is 27.4 Å². The van der Waals surface area contributed by atoms with Gasteiger partial charge in [-0.05, 0) is 24.8 Å². The third kappa shape index (κ3) is 2.87. The molecule has 0 saturated carbocycles. The van der Waals surface area contributed by atoms with Crippen LogP contribution in [0.25, 0.3) is 0 Å². The molecule has 0 unspecified atom stereocenters. The van der Waals surface area contributed by atoms with Gasteiger partial charge in [0.05, 0.1) is 0 Å². The van der Waals surface area contributed by atoms with Crippen LogP contribution < -0.4 is 0 Å². The molecular formula is C10H17O. The lowest BCUT2D eigenvalue weighted by atomic mass is 9.87. The fraction of sp³-hybridized carbons (Fsp3) is 0.600. The third-order valence-corrected chi connectivity index (χ3v) is 1.76. The van der Waals surface area contributed by atoms with Gasteiger partial charge in [-0.2, -0.15) is 0 Å². The van der Waals surface area contributed by atoms with Crippen LogP contribution in [0.1, 0.15) is 34.1 Å². The van der Waals surface area contributed by atoms with Crippen molar-refractivity contribution >= 4 is 5.78 Å². The summed E-state index contributed by atoms with van der Waals surface area (Å²) in [5.41, 5.74) is 0.649. The molecule has 0 aliphatic carbocycles. The number of carbonyl (C=O) groups is 1. The molecule has 0 rings (SSSR count). The average molecular weight is 153 g/mol. The molecule has 0 aliphatic heterocycles. The van der Waals surface area contributed by atoms with E-state index in [0.29, 0.717) is 11.5 Å². The zero-order valence-corrected chi connectivity index (χ0v) is 7.90. The van der Waals surface area contributed by atoms with Gasteiger partial charge in [-0.25, -0.2) is 0 Å². The van der Waals surface area contributed by atoms with Gasteiger partial charge in [-0.15, -0.1) is 0 Å². The Morgan fingerprint density at radius 1 is 1.45 bits per heavy atom. The summed E-state index contributed by atoms with van der Waals surface area (Å²) in [6.07, 6.45) is 0.837. The van der Waals surface area contributed by atoms with Crippen molar-refractivity contribution in [1.82, 2.24) is 0 Å². The van der Waals surface area contributed by atoms with E-state index in [0.717, 1.165) is 12.3 Å². The standard InChI is InChI=1S/C10H17O/c1-6-9(7(2)3)10(11)8(4)5/h7H,4,6H2,1-3,5H3. The highest BCUT2D eigenvalue weighted by atomic mass is 16.1. The lowest BCUT2D eigenvalue weighted by molar-refractivity contribution is -0.114. The molecular weight excluding hydrogens is 136 g/mol. The zero-order valence-electron chi connectivity index (χ0n) is 7.90. The van der Waals surface area contributed by atoms with Gasteiger partial charge < -0.3 is 0 Å². The number of carbonyl (C=O) groups excluding carboxylic acids is 1. The molecule has 0 spiro atoms. The molecule has 0 fully saturated rings. The number of rotatable bonds is 4. The predicted molar refractivity (Wildman–Crippen MR) is 48.2 cm³/mol. The molecule has 63 valence electrons. The highest BCUT2D eigenvalue weighted by molar-refractivity contribution is 6.04. The Bertz CT molecular complexity index is 156. The third-order valence-electron chi connectivity index (χ3n) is 1.76. The normalized spacial score (nSPS) is 10.7. The Balaban J connectivity index is 4.26. The van der Waals surface area contributed by atoms with Crippen LogP contribution in [0.3, 0.4) is 0 Å². The molecule has 1 heteroatoms. The van der Waals surface area contributed by atoms with Crippen LogP contribution in [-0.2, 0) is 4.79 Å².